The van der Waals surface area contributed by atoms with Crippen molar-refractivity contribution in [1.29, 1.82) is 0 Å². The molecular weight excluding hydrogens is 381 g/mol. The lowest BCUT2D eigenvalue weighted by molar-refractivity contribution is -0.137. The summed E-state index contributed by atoms with van der Waals surface area (Å²) in [6, 6.07) is 12.6. The number of Topliss-reactive ketones (excluding diaryl/α,β-unsaturated/α-hetero) is 1. The number of fused-ring (bicyclic) bond motifs is 1. The zero-order valence-electron chi connectivity index (χ0n) is 13.5. The molecule has 1 aliphatic rings. The molecule has 0 spiro atoms. The number of carbonyl (C=O) groups excluding carboxylic acids is 1. The number of rotatable bonds is 2. The van der Waals surface area contributed by atoms with Crippen LogP contribution in [0.5, 0.6) is 5.75 Å². The summed E-state index contributed by atoms with van der Waals surface area (Å²) in [4.78, 5) is 12.4. The van der Waals surface area contributed by atoms with Crippen molar-refractivity contribution >= 4 is 23.5 Å². The lowest BCUT2D eigenvalue weighted by Crippen LogP contribution is -2.04. The van der Waals surface area contributed by atoms with Crippen LogP contribution in [0.2, 0.25) is 5.02 Å². The first kappa shape index (κ1) is 17.4. The van der Waals surface area contributed by atoms with Gasteiger partial charge in [0.15, 0.2) is 5.76 Å². The van der Waals surface area contributed by atoms with Crippen molar-refractivity contribution in [2.45, 2.75) is 6.18 Å². The van der Waals surface area contributed by atoms with E-state index in [0.717, 1.165) is 12.1 Å². The summed E-state index contributed by atoms with van der Waals surface area (Å²) in [5, 5.41) is 0.414. The van der Waals surface area contributed by atoms with Crippen molar-refractivity contribution in [2.24, 2.45) is 0 Å². The van der Waals surface area contributed by atoms with Crippen LogP contribution >= 0.6 is 11.6 Å². The molecule has 0 atom stereocenters. The van der Waals surface area contributed by atoms with Crippen molar-refractivity contribution < 1.29 is 27.1 Å². The number of furan rings is 1. The Morgan fingerprint density at radius 1 is 1.00 bits per heavy atom. The van der Waals surface area contributed by atoms with E-state index in [9.17, 15) is 18.0 Å². The summed E-state index contributed by atoms with van der Waals surface area (Å²) in [6.45, 7) is 0. The predicted molar refractivity (Wildman–Crippen MR) is 93.5 cm³/mol. The van der Waals surface area contributed by atoms with Crippen molar-refractivity contribution in [1.82, 2.24) is 0 Å². The van der Waals surface area contributed by atoms with Crippen molar-refractivity contribution in [3.05, 3.63) is 82.3 Å². The van der Waals surface area contributed by atoms with Crippen LogP contribution in [-0.4, -0.2) is 5.78 Å². The standard InChI is InChI=1S/C20H10ClF3O3/c21-13-4-6-17-15(9-13)19(25)18(27-17)10-14-5-7-16(26-14)11-2-1-3-12(8-11)20(22,23)24/h1-10H. The smallest absolute Gasteiger partial charge is 0.416 e. The Bertz CT molecular complexity index is 1080. The highest BCUT2D eigenvalue weighted by atomic mass is 35.5. The quantitative estimate of drug-likeness (QED) is 0.486. The minimum atomic E-state index is -4.44. The molecule has 4 rings (SSSR count). The largest absolute Gasteiger partial charge is 0.457 e. The first-order valence-electron chi connectivity index (χ1n) is 7.82. The average molecular weight is 391 g/mol. The van der Waals surface area contributed by atoms with Gasteiger partial charge in [-0.15, -0.1) is 0 Å². The third-order valence-corrected chi connectivity index (χ3v) is 4.24. The van der Waals surface area contributed by atoms with Crippen LogP contribution in [0.3, 0.4) is 0 Å². The lowest BCUT2D eigenvalue weighted by Gasteiger charge is -2.07. The van der Waals surface area contributed by atoms with Crippen LogP contribution in [0.4, 0.5) is 13.2 Å². The molecule has 0 fully saturated rings. The fourth-order valence-corrected chi connectivity index (χ4v) is 2.90. The maximum Gasteiger partial charge on any atom is 0.416 e. The van der Waals surface area contributed by atoms with Crippen molar-refractivity contribution in [3.8, 4) is 17.1 Å². The lowest BCUT2D eigenvalue weighted by atomic mass is 10.1. The van der Waals surface area contributed by atoms with Gasteiger partial charge in [0.2, 0.25) is 5.78 Å². The number of benzene rings is 2. The van der Waals surface area contributed by atoms with E-state index < -0.39 is 11.7 Å². The van der Waals surface area contributed by atoms with Crippen molar-refractivity contribution in [3.63, 3.8) is 0 Å². The summed E-state index contributed by atoms with van der Waals surface area (Å²) < 4.78 is 49.6. The van der Waals surface area contributed by atoms with Crippen LogP contribution in [-0.2, 0) is 6.18 Å². The Hall–Kier alpha value is -2.99. The molecule has 136 valence electrons. The molecule has 0 saturated heterocycles. The summed E-state index contributed by atoms with van der Waals surface area (Å²) in [6.07, 6.45) is -3.04. The molecule has 0 radical (unpaired) electrons. The summed E-state index contributed by atoms with van der Waals surface area (Å²) in [5.41, 5.74) is -0.139. The molecule has 2 aromatic carbocycles. The Kier molecular flexibility index (Phi) is 4.08. The van der Waals surface area contributed by atoms with E-state index in [1.54, 1.807) is 18.2 Å². The second-order valence-corrected chi connectivity index (χ2v) is 6.30. The fourth-order valence-electron chi connectivity index (χ4n) is 2.72. The Morgan fingerprint density at radius 2 is 1.81 bits per heavy atom. The Morgan fingerprint density at radius 3 is 2.59 bits per heavy atom. The number of ketones is 1. The van der Waals surface area contributed by atoms with Crippen molar-refractivity contribution in [2.75, 3.05) is 0 Å². The summed E-state index contributed by atoms with van der Waals surface area (Å²) in [5.74, 6) is 0.630. The van der Waals surface area contributed by atoms with Gasteiger partial charge >= 0.3 is 6.18 Å². The number of hydrogen-bond donors (Lipinski definition) is 0. The van der Waals surface area contributed by atoms with Crippen LogP contribution in [0.15, 0.2) is 64.8 Å². The Balaban J connectivity index is 1.63. The van der Waals surface area contributed by atoms with E-state index in [-0.39, 0.29) is 28.6 Å². The molecule has 0 unspecified atom stereocenters. The minimum absolute atomic E-state index is 0.0530. The van der Waals surface area contributed by atoms with Crippen LogP contribution in [0.25, 0.3) is 17.4 Å². The second kappa shape index (κ2) is 6.32. The fraction of sp³-hybridized carbons (Fsp3) is 0.0500. The maximum absolute atomic E-state index is 12.9. The molecule has 3 nitrogen and oxygen atoms in total. The molecular formula is C20H10ClF3O3. The van der Waals surface area contributed by atoms with Gasteiger partial charge in [-0.05, 0) is 42.5 Å². The van der Waals surface area contributed by atoms with Crippen LogP contribution < -0.4 is 4.74 Å². The zero-order chi connectivity index (χ0) is 19.2. The number of allylic oxidation sites excluding steroid dienone is 1. The predicted octanol–water partition coefficient (Wildman–Crippen LogP) is 6.24. The van der Waals surface area contributed by atoms with E-state index >= 15 is 0 Å². The van der Waals surface area contributed by atoms with E-state index in [1.807, 2.05) is 0 Å². The first-order chi connectivity index (χ1) is 12.8. The van der Waals surface area contributed by atoms with E-state index in [1.165, 1.54) is 30.3 Å². The number of alkyl halides is 3. The van der Waals surface area contributed by atoms with Gasteiger partial charge in [-0.25, -0.2) is 0 Å². The van der Waals surface area contributed by atoms with Gasteiger partial charge in [-0.3, -0.25) is 4.79 Å². The highest BCUT2D eigenvalue weighted by molar-refractivity contribution is 6.31. The molecule has 3 aromatic rings. The SMILES string of the molecule is O=C1C(=Cc2ccc(-c3cccc(C(F)(F)F)c3)o2)Oc2ccc(Cl)cc21. The van der Waals surface area contributed by atoms with E-state index in [0.29, 0.717) is 16.3 Å². The summed E-state index contributed by atoms with van der Waals surface area (Å²) >= 11 is 5.89. The topological polar surface area (TPSA) is 39.4 Å². The third-order valence-electron chi connectivity index (χ3n) is 4.00. The average Bonchev–Trinajstić information content (AvgIpc) is 3.21. The van der Waals surface area contributed by atoms with E-state index in [4.69, 9.17) is 20.8 Å². The molecule has 0 saturated carbocycles. The number of carbonyl (C=O) groups is 1. The molecule has 27 heavy (non-hydrogen) atoms. The molecule has 0 N–H and O–H groups in total. The highest BCUT2D eigenvalue weighted by Gasteiger charge is 2.31. The summed E-state index contributed by atoms with van der Waals surface area (Å²) in [7, 11) is 0. The molecule has 1 aromatic heterocycles. The van der Waals surface area contributed by atoms with Gasteiger partial charge in [0.05, 0.1) is 11.1 Å². The molecule has 2 heterocycles. The van der Waals surface area contributed by atoms with Gasteiger partial charge in [0, 0.05) is 16.7 Å². The molecule has 7 heteroatoms. The van der Waals surface area contributed by atoms with Crippen LogP contribution in [0.1, 0.15) is 21.7 Å². The molecule has 0 bridgehead atoms. The van der Waals surface area contributed by atoms with Gasteiger partial charge < -0.3 is 9.15 Å². The third kappa shape index (κ3) is 3.36. The Labute approximate surface area is 156 Å². The van der Waals surface area contributed by atoms with E-state index in [2.05, 4.69) is 0 Å². The first-order valence-corrected chi connectivity index (χ1v) is 8.20. The number of halogens is 4. The van der Waals surface area contributed by atoms with Gasteiger partial charge in [-0.2, -0.15) is 13.2 Å². The highest BCUT2D eigenvalue weighted by Crippen LogP contribution is 2.35. The molecule has 0 aliphatic carbocycles. The molecule has 0 amide bonds. The maximum atomic E-state index is 12.9. The molecule has 1 aliphatic heterocycles. The van der Waals surface area contributed by atoms with Gasteiger partial charge in [0.25, 0.3) is 0 Å². The zero-order valence-corrected chi connectivity index (χ0v) is 14.3. The minimum Gasteiger partial charge on any atom is -0.457 e. The van der Waals surface area contributed by atoms with Crippen LogP contribution in [0, 0.1) is 0 Å². The normalized spacial score (nSPS) is 15.1. The number of hydrogen-bond acceptors (Lipinski definition) is 3. The van der Waals surface area contributed by atoms with Gasteiger partial charge in [-0.1, -0.05) is 23.7 Å². The second-order valence-electron chi connectivity index (χ2n) is 5.86. The monoisotopic (exact) mass is 390 g/mol. The van der Waals surface area contributed by atoms with Gasteiger partial charge in [0.1, 0.15) is 17.3 Å². The number of ether oxygens (including phenoxy) is 1.